The number of aliphatic hydroxyl groups is 1. The molecular weight excluding hydrogens is 1010 g/mol. The van der Waals surface area contributed by atoms with Gasteiger partial charge >= 0.3 is 0 Å². The van der Waals surface area contributed by atoms with Gasteiger partial charge in [0.2, 0.25) is 17.7 Å². The van der Waals surface area contributed by atoms with Crippen molar-refractivity contribution in [3.63, 3.8) is 0 Å². The summed E-state index contributed by atoms with van der Waals surface area (Å²) in [5.74, 6) is -1.93. The van der Waals surface area contributed by atoms with Gasteiger partial charge in [0.15, 0.2) is 5.91 Å². The zero-order valence-electron chi connectivity index (χ0n) is 40.4. The minimum absolute atomic E-state index is 0. The summed E-state index contributed by atoms with van der Waals surface area (Å²) in [4.78, 5) is 95.3. The predicted octanol–water partition coefficient (Wildman–Crippen LogP) is 5.13. The van der Waals surface area contributed by atoms with E-state index in [1.54, 1.807) is 49.8 Å². The third-order valence-corrected chi connectivity index (χ3v) is 13.6. The number of imide groups is 2. The molecule has 3 aliphatic heterocycles. The molecule has 375 valence electrons. The molecule has 19 heteroatoms. The maximum absolute atomic E-state index is 15.3. The van der Waals surface area contributed by atoms with E-state index in [0.717, 1.165) is 81.0 Å². The number of aromatic nitrogens is 3. The summed E-state index contributed by atoms with van der Waals surface area (Å²) in [5.41, 5.74) is 4.08. The van der Waals surface area contributed by atoms with Crippen LogP contribution in [-0.4, -0.2) is 104 Å². The molecule has 17 nitrogen and oxygen atoms in total. The molecule has 0 spiro atoms. The van der Waals surface area contributed by atoms with Crippen molar-refractivity contribution in [2.75, 3.05) is 49.5 Å². The van der Waals surface area contributed by atoms with Gasteiger partial charge in [-0.3, -0.25) is 38.8 Å². The van der Waals surface area contributed by atoms with Crippen LogP contribution in [0.3, 0.4) is 0 Å². The Kier molecular flexibility index (Phi) is 16.5. The Hall–Kier alpha value is -6.86. The number of nitrogens with zero attached hydrogens (tertiary/aromatic N) is 6. The molecule has 1 saturated carbocycles. The van der Waals surface area contributed by atoms with Gasteiger partial charge in [0.1, 0.15) is 23.4 Å². The van der Waals surface area contributed by atoms with Crippen molar-refractivity contribution in [2.24, 2.45) is 7.05 Å². The number of nitrogens with one attached hydrogen (secondary N) is 3. The molecule has 1 atom stereocenters. The number of anilines is 3. The van der Waals surface area contributed by atoms with Gasteiger partial charge in [-0.1, -0.05) is 30.2 Å². The van der Waals surface area contributed by atoms with Gasteiger partial charge in [0.25, 0.3) is 11.1 Å². The second kappa shape index (κ2) is 22.9. The fourth-order valence-electron chi connectivity index (χ4n) is 9.60. The standard InChI is InChI=1S/C41H45FN7O4.C13H9N2O4.Y/c1-27(51)43-14-4-3-5-15-47-17-19-48(20-18-47)32-11-12-38(44-24-32)45-36-23-31(25-46(2)40(36)52)33-7-6-8-37(34(33)26-50)49-16-13-29-21-30(28-9-10-28)22-35(42)39(29)41(49)53;16-10-6-5-9(11(17)14-10)15-12(18)7-3-1-2-4-8(7)13(15)19;/h6-8,11-13,16,21-25,28,50H,1,3-5,9-10,14-15,17-20,26H2,2H3,(H,43,51)(H,44,45);1-3,9H,5-6H2,(H,14,16,17);/q2*-1;. The maximum atomic E-state index is 15.3. The van der Waals surface area contributed by atoms with Crippen LogP contribution in [0.4, 0.5) is 21.6 Å². The van der Waals surface area contributed by atoms with E-state index < -0.39 is 35.1 Å². The van der Waals surface area contributed by atoms with Gasteiger partial charge in [-0.25, -0.2) is 9.37 Å². The van der Waals surface area contributed by atoms with E-state index in [9.17, 15) is 38.7 Å². The van der Waals surface area contributed by atoms with E-state index in [-0.39, 0.29) is 86.0 Å². The molecule has 3 fully saturated rings. The number of aryl methyl sites for hydroxylation is 1. The van der Waals surface area contributed by atoms with Crippen molar-refractivity contribution >= 4 is 57.5 Å². The summed E-state index contributed by atoms with van der Waals surface area (Å²) < 4.78 is 18.2. The summed E-state index contributed by atoms with van der Waals surface area (Å²) in [6, 6.07) is 22.5. The molecule has 3 aromatic heterocycles. The fraction of sp³-hybridized carbons (Fsp3) is 0.315. The Morgan fingerprint density at radius 3 is 2.38 bits per heavy atom. The number of halogens is 1. The quantitative estimate of drug-likeness (QED) is 0.0637. The normalized spacial score (nSPS) is 16.6. The summed E-state index contributed by atoms with van der Waals surface area (Å²) in [6.07, 6.45) is 10.6. The van der Waals surface area contributed by atoms with Gasteiger partial charge < -0.3 is 46.6 Å². The van der Waals surface area contributed by atoms with Crippen LogP contribution in [0.2, 0.25) is 0 Å². The Balaban J connectivity index is 0.000000297. The van der Waals surface area contributed by atoms with Gasteiger partial charge in [0, 0.05) is 102 Å². The first-order valence-electron chi connectivity index (χ1n) is 24.1. The zero-order valence-corrected chi connectivity index (χ0v) is 43.2. The Morgan fingerprint density at radius 2 is 1.68 bits per heavy atom. The molecular formula is C54H54FN9O8Y-2. The van der Waals surface area contributed by atoms with Gasteiger partial charge in [-0.15, -0.1) is 24.3 Å². The predicted molar refractivity (Wildman–Crippen MR) is 268 cm³/mol. The fourth-order valence-corrected chi connectivity index (χ4v) is 9.60. The van der Waals surface area contributed by atoms with Crippen LogP contribution in [0.5, 0.6) is 0 Å². The number of hydrogen-bond acceptors (Lipinski definition) is 12. The number of benzene rings is 3. The number of hydrogen-bond donors (Lipinski definition) is 4. The molecule has 6 heterocycles. The van der Waals surface area contributed by atoms with Crippen LogP contribution < -0.4 is 32.0 Å². The first-order chi connectivity index (χ1) is 34.8. The number of rotatable bonds is 14. The molecule has 3 aromatic carbocycles. The molecule has 73 heavy (non-hydrogen) atoms. The second-order valence-corrected chi connectivity index (χ2v) is 18.4. The molecule has 1 radical (unpaired) electrons. The van der Waals surface area contributed by atoms with Crippen molar-refractivity contribution in [3.05, 3.63) is 153 Å². The van der Waals surface area contributed by atoms with Crippen LogP contribution in [0.1, 0.15) is 82.7 Å². The van der Waals surface area contributed by atoms with E-state index >= 15 is 4.39 Å². The summed E-state index contributed by atoms with van der Waals surface area (Å²) in [7, 11) is 1.66. The van der Waals surface area contributed by atoms with E-state index in [1.807, 2.05) is 30.5 Å². The number of fused-ring (bicyclic) bond motifs is 2. The van der Waals surface area contributed by atoms with Gasteiger partial charge in [-0.2, -0.15) is 0 Å². The van der Waals surface area contributed by atoms with Crippen molar-refractivity contribution in [1.29, 1.82) is 0 Å². The zero-order chi connectivity index (χ0) is 50.6. The van der Waals surface area contributed by atoms with E-state index in [2.05, 4.69) is 43.7 Å². The van der Waals surface area contributed by atoms with Crippen LogP contribution in [0.15, 0.2) is 101 Å². The average molecular weight is 1060 g/mol. The summed E-state index contributed by atoms with van der Waals surface area (Å²) in [6.45, 7) is 8.36. The molecule has 6 aromatic rings. The van der Waals surface area contributed by atoms with E-state index in [1.165, 1.54) is 27.3 Å². The van der Waals surface area contributed by atoms with Crippen molar-refractivity contribution < 1.29 is 66.2 Å². The van der Waals surface area contributed by atoms with E-state index in [0.29, 0.717) is 51.7 Å². The summed E-state index contributed by atoms with van der Waals surface area (Å²) >= 11 is 0. The molecule has 1 aliphatic carbocycles. The first kappa shape index (κ1) is 52.5. The van der Waals surface area contributed by atoms with Crippen molar-refractivity contribution in [1.82, 2.24) is 34.6 Å². The second-order valence-electron chi connectivity index (χ2n) is 18.4. The molecule has 10 rings (SSSR count). The van der Waals surface area contributed by atoms with Crippen LogP contribution in [-0.2, 0) is 60.7 Å². The van der Waals surface area contributed by atoms with E-state index in [4.69, 9.17) is 0 Å². The Morgan fingerprint density at radius 1 is 0.904 bits per heavy atom. The third-order valence-electron chi connectivity index (χ3n) is 13.6. The van der Waals surface area contributed by atoms with Crippen LogP contribution in [0, 0.1) is 18.8 Å². The third kappa shape index (κ3) is 11.5. The number of carbonyl (C=O) groups excluding carboxylic acids is 5. The molecule has 2 saturated heterocycles. The average Bonchev–Trinajstić information content (AvgIpc) is 4.20. The first-order valence-corrected chi connectivity index (χ1v) is 24.1. The SMILES string of the molecule is O=C1CCC(N2C(=O)c3[c-]cccc3C2=O)C(=O)N1.[CH2-]C(=O)NCCCCCN1CCN(c2ccc(Nc3cc(-c4cccc(-n5ccc6cc(C7CC7)cc(F)c6c5=O)c4CO)cn(C)c3=O)nc2)CC1.[Y]. The Labute approximate surface area is 445 Å². The number of piperidine rings is 1. The van der Waals surface area contributed by atoms with Crippen LogP contribution in [0.25, 0.3) is 27.6 Å². The number of aliphatic hydroxyl groups excluding tert-OH is 1. The minimum atomic E-state index is -0.918. The molecule has 0 bridgehead atoms. The monoisotopic (exact) mass is 1060 g/mol. The topological polar surface area (TPSA) is 208 Å². The molecule has 5 amide bonds. The largest absolute Gasteiger partial charge is 0.392 e. The van der Waals surface area contributed by atoms with Crippen molar-refractivity contribution in [2.45, 2.75) is 63.5 Å². The maximum Gasteiger partial charge on any atom is 0.274 e. The van der Waals surface area contributed by atoms with Crippen LogP contribution >= 0.6 is 0 Å². The molecule has 4 N–H and O–H groups in total. The number of unbranched alkanes of at least 4 members (excludes halogenated alkanes) is 2. The number of carbonyl (C=O) groups is 5. The van der Waals surface area contributed by atoms with Crippen molar-refractivity contribution in [3.8, 4) is 16.8 Å². The summed E-state index contributed by atoms with van der Waals surface area (Å²) in [5, 5.41) is 19.3. The van der Waals surface area contributed by atoms with Gasteiger partial charge in [0.05, 0.1) is 35.5 Å². The minimum Gasteiger partial charge on any atom is -0.392 e. The molecule has 4 aliphatic rings. The number of amides is 5. The van der Waals surface area contributed by atoms with Gasteiger partial charge in [-0.05, 0) is 103 Å². The molecule has 1 unspecified atom stereocenters. The smallest absolute Gasteiger partial charge is 0.274 e. The Bertz CT molecular complexity index is 3190. The number of pyridine rings is 3. The number of piperazine rings is 1.